The fraction of sp³-hybridized carbons (Fsp3) is 0.400. The smallest absolute Gasteiger partial charge is 0.0517 e. The standard InChI is InChI=1S/C10H16Si/c1-8(2)9-4-6-10(11-3)7-5-9/h4-8H,11H2,1-3H3. The maximum absolute atomic E-state index is 2.32. The molecule has 0 aliphatic heterocycles. The number of hydrogen-bond donors (Lipinski definition) is 0. The lowest BCUT2D eigenvalue weighted by atomic mass is 10.0. The fourth-order valence-corrected chi connectivity index (χ4v) is 1.85. The van der Waals surface area contributed by atoms with Crippen molar-refractivity contribution in [1.29, 1.82) is 0 Å². The van der Waals surface area contributed by atoms with Crippen LogP contribution in [0.3, 0.4) is 0 Å². The van der Waals surface area contributed by atoms with Gasteiger partial charge in [0, 0.05) is 0 Å². The van der Waals surface area contributed by atoms with E-state index in [1.54, 1.807) is 5.19 Å². The summed E-state index contributed by atoms with van der Waals surface area (Å²) in [7, 11) is 0.0507. The number of rotatable bonds is 2. The Morgan fingerprint density at radius 2 is 1.64 bits per heavy atom. The van der Waals surface area contributed by atoms with Crippen LogP contribution in [-0.2, 0) is 0 Å². The van der Waals surface area contributed by atoms with Gasteiger partial charge in [-0.2, -0.15) is 0 Å². The number of hydrogen-bond acceptors (Lipinski definition) is 0. The Kier molecular flexibility index (Phi) is 2.89. The summed E-state index contributed by atoms with van der Waals surface area (Å²) in [6, 6.07) is 9.08. The van der Waals surface area contributed by atoms with Gasteiger partial charge in [0.2, 0.25) is 0 Å². The first-order valence-corrected chi connectivity index (χ1v) is 6.45. The van der Waals surface area contributed by atoms with Gasteiger partial charge in [-0.25, -0.2) is 0 Å². The van der Waals surface area contributed by atoms with Gasteiger partial charge in [-0.05, 0) is 11.5 Å². The van der Waals surface area contributed by atoms with E-state index >= 15 is 0 Å². The first-order valence-electron chi connectivity index (χ1n) is 4.33. The van der Waals surface area contributed by atoms with E-state index in [-0.39, 0.29) is 9.52 Å². The second-order valence-electron chi connectivity index (χ2n) is 3.25. The molecule has 0 radical (unpaired) electrons. The predicted molar refractivity (Wildman–Crippen MR) is 54.6 cm³/mol. The Morgan fingerprint density at radius 3 is 2.00 bits per heavy atom. The Morgan fingerprint density at radius 1 is 1.09 bits per heavy atom. The average Bonchev–Trinajstić information content (AvgIpc) is 2.05. The van der Waals surface area contributed by atoms with Crippen LogP contribution in [0.15, 0.2) is 24.3 Å². The molecular weight excluding hydrogens is 148 g/mol. The third-order valence-electron chi connectivity index (χ3n) is 2.05. The summed E-state index contributed by atoms with van der Waals surface area (Å²) >= 11 is 0. The summed E-state index contributed by atoms with van der Waals surface area (Å²) in [6.07, 6.45) is 0. The van der Waals surface area contributed by atoms with Crippen molar-refractivity contribution in [2.24, 2.45) is 0 Å². The molecule has 0 N–H and O–H groups in total. The molecule has 0 aromatic heterocycles. The van der Waals surface area contributed by atoms with Gasteiger partial charge in [-0.1, -0.05) is 49.8 Å². The van der Waals surface area contributed by atoms with E-state index in [0.717, 1.165) is 0 Å². The molecule has 60 valence electrons. The van der Waals surface area contributed by atoms with Crippen molar-refractivity contribution in [2.45, 2.75) is 26.3 Å². The third-order valence-corrected chi connectivity index (χ3v) is 3.34. The van der Waals surface area contributed by atoms with Gasteiger partial charge in [0.05, 0.1) is 9.52 Å². The summed E-state index contributed by atoms with van der Waals surface area (Å²) in [5.74, 6) is 0.669. The molecule has 0 aliphatic carbocycles. The van der Waals surface area contributed by atoms with Gasteiger partial charge >= 0.3 is 0 Å². The first-order chi connectivity index (χ1) is 5.24. The second kappa shape index (κ2) is 3.72. The summed E-state index contributed by atoms with van der Waals surface area (Å²) in [4.78, 5) is 0. The molecule has 0 atom stereocenters. The van der Waals surface area contributed by atoms with E-state index < -0.39 is 0 Å². The third kappa shape index (κ3) is 2.19. The van der Waals surface area contributed by atoms with Crippen LogP contribution in [0.1, 0.15) is 25.3 Å². The molecule has 1 aromatic carbocycles. The summed E-state index contributed by atoms with van der Waals surface area (Å²) in [5.41, 5.74) is 1.45. The summed E-state index contributed by atoms with van der Waals surface area (Å²) in [5, 5.41) is 1.56. The van der Waals surface area contributed by atoms with Crippen LogP contribution in [0.4, 0.5) is 0 Å². The Bertz CT molecular complexity index is 211. The predicted octanol–water partition coefficient (Wildman–Crippen LogP) is 1.65. The molecule has 1 heteroatoms. The molecule has 0 spiro atoms. The van der Waals surface area contributed by atoms with Crippen LogP contribution >= 0.6 is 0 Å². The molecule has 0 saturated carbocycles. The Labute approximate surface area is 71.5 Å². The minimum absolute atomic E-state index is 0.0507. The lowest BCUT2D eigenvalue weighted by molar-refractivity contribution is 0.867. The number of benzene rings is 1. The minimum atomic E-state index is 0.0507. The van der Waals surface area contributed by atoms with Crippen molar-refractivity contribution in [2.75, 3.05) is 0 Å². The lowest BCUT2D eigenvalue weighted by Crippen LogP contribution is -2.09. The van der Waals surface area contributed by atoms with E-state index in [9.17, 15) is 0 Å². The molecule has 1 rings (SSSR count). The van der Waals surface area contributed by atoms with E-state index in [1.807, 2.05) is 0 Å². The summed E-state index contributed by atoms with van der Waals surface area (Å²) in [6.45, 7) is 6.79. The largest absolute Gasteiger partial charge is 0.0708 e. The molecule has 0 unspecified atom stereocenters. The van der Waals surface area contributed by atoms with Crippen molar-refractivity contribution >= 4 is 14.7 Å². The molecule has 0 nitrogen and oxygen atoms in total. The van der Waals surface area contributed by atoms with Gasteiger partial charge < -0.3 is 0 Å². The molecule has 0 heterocycles. The zero-order valence-corrected chi connectivity index (χ0v) is 9.01. The maximum atomic E-state index is 2.32. The van der Waals surface area contributed by atoms with Crippen LogP contribution < -0.4 is 5.19 Å². The van der Waals surface area contributed by atoms with Gasteiger partial charge in [0.1, 0.15) is 0 Å². The highest BCUT2D eigenvalue weighted by atomic mass is 28.2. The first kappa shape index (κ1) is 8.53. The van der Waals surface area contributed by atoms with Crippen LogP contribution in [0.5, 0.6) is 0 Å². The highest BCUT2D eigenvalue weighted by Crippen LogP contribution is 2.11. The van der Waals surface area contributed by atoms with Gasteiger partial charge in [-0.15, -0.1) is 0 Å². The fourth-order valence-electron chi connectivity index (χ4n) is 1.14. The molecule has 0 saturated heterocycles. The second-order valence-corrected chi connectivity index (χ2v) is 4.77. The molecular formula is C10H16Si. The van der Waals surface area contributed by atoms with Crippen LogP contribution in [0.2, 0.25) is 6.55 Å². The normalized spacial score (nSPS) is 11.6. The maximum Gasteiger partial charge on any atom is 0.0517 e. The molecule has 0 fully saturated rings. The quantitative estimate of drug-likeness (QED) is 0.583. The molecule has 0 bridgehead atoms. The van der Waals surface area contributed by atoms with Crippen molar-refractivity contribution in [3.05, 3.63) is 29.8 Å². The van der Waals surface area contributed by atoms with E-state index in [1.165, 1.54) is 5.56 Å². The monoisotopic (exact) mass is 164 g/mol. The Hall–Kier alpha value is -0.563. The molecule has 1 aromatic rings. The zero-order chi connectivity index (χ0) is 8.27. The van der Waals surface area contributed by atoms with E-state index in [4.69, 9.17) is 0 Å². The van der Waals surface area contributed by atoms with Crippen molar-refractivity contribution in [1.82, 2.24) is 0 Å². The molecule has 0 amide bonds. The van der Waals surface area contributed by atoms with Crippen LogP contribution in [0, 0.1) is 0 Å². The van der Waals surface area contributed by atoms with Gasteiger partial charge in [0.15, 0.2) is 0 Å². The van der Waals surface area contributed by atoms with E-state index in [2.05, 4.69) is 44.7 Å². The van der Waals surface area contributed by atoms with E-state index in [0.29, 0.717) is 5.92 Å². The minimum Gasteiger partial charge on any atom is -0.0708 e. The van der Waals surface area contributed by atoms with Crippen LogP contribution in [0.25, 0.3) is 0 Å². The molecule has 11 heavy (non-hydrogen) atoms. The topological polar surface area (TPSA) is 0 Å². The highest BCUT2D eigenvalue weighted by Gasteiger charge is 1.96. The van der Waals surface area contributed by atoms with Crippen molar-refractivity contribution in [3.8, 4) is 0 Å². The highest BCUT2D eigenvalue weighted by molar-refractivity contribution is 6.51. The zero-order valence-electron chi connectivity index (χ0n) is 7.59. The van der Waals surface area contributed by atoms with Gasteiger partial charge in [-0.3, -0.25) is 0 Å². The lowest BCUT2D eigenvalue weighted by Gasteiger charge is -2.04. The molecule has 0 aliphatic rings. The van der Waals surface area contributed by atoms with Crippen molar-refractivity contribution in [3.63, 3.8) is 0 Å². The van der Waals surface area contributed by atoms with Crippen LogP contribution in [-0.4, -0.2) is 9.52 Å². The SMILES string of the molecule is C[SiH2]c1ccc(C(C)C)cc1. The van der Waals surface area contributed by atoms with Crippen molar-refractivity contribution < 1.29 is 0 Å². The average molecular weight is 164 g/mol. The van der Waals surface area contributed by atoms with Gasteiger partial charge in [0.25, 0.3) is 0 Å². The Balaban J connectivity index is 2.83. The summed E-state index contributed by atoms with van der Waals surface area (Å²) < 4.78 is 0.